The minimum atomic E-state index is -1.08. The molecule has 0 radical (unpaired) electrons. The molecule has 0 saturated heterocycles. The molecule has 29 heavy (non-hydrogen) atoms. The van der Waals surface area contributed by atoms with Crippen LogP contribution in [0, 0.1) is 6.92 Å². The summed E-state index contributed by atoms with van der Waals surface area (Å²) < 4.78 is 4.22. The molecular formula is C17H20N8O4. The number of nitrogens with zero attached hydrogens (tertiary/aromatic N) is 6. The van der Waals surface area contributed by atoms with E-state index in [4.69, 9.17) is 5.11 Å². The highest BCUT2D eigenvalue weighted by Crippen LogP contribution is 2.20. The molecule has 12 nitrogen and oxygen atoms in total. The van der Waals surface area contributed by atoms with Crippen molar-refractivity contribution in [1.29, 1.82) is 0 Å². The molecule has 0 aliphatic rings. The van der Waals surface area contributed by atoms with E-state index in [1.165, 1.54) is 29.3 Å². The van der Waals surface area contributed by atoms with Crippen LogP contribution in [0.2, 0.25) is 0 Å². The number of aryl methyl sites for hydroxylation is 2. The number of carboxylic acids is 1. The Labute approximate surface area is 165 Å². The molecule has 3 N–H and O–H groups in total. The third-order valence-corrected chi connectivity index (χ3v) is 4.26. The monoisotopic (exact) mass is 400 g/mol. The Morgan fingerprint density at radius 1 is 1.10 bits per heavy atom. The van der Waals surface area contributed by atoms with Gasteiger partial charge in [-0.2, -0.15) is 15.3 Å². The van der Waals surface area contributed by atoms with E-state index in [1.807, 2.05) is 13.8 Å². The van der Waals surface area contributed by atoms with E-state index >= 15 is 0 Å². The molecule has 0 aromatic carbocycles. The lowest BCUT2D eigenvalue weighted by atomic mass is 10.3. The number of hydrogen-bond donors (Lipinski definition) is 3. The summed E-state index contributed by atoms with van der Waals surface area (Å²) >= 11 is 0. The Morgan fingerprint density at radius 3 is 2.41 bits per heavy atom. The smallest absolute Gasteiger partial charge is 0.325 e. The Hall–Kier alpha value is -3.96. The van der Waals surface area contributed by atoms with Crippen LogP contribution in [0.5, 0.6) is 0 Å². The van der Waals surface area contributed by atoms with Crippen molar-refractivity contribution in [2.45, 2.75) is 26.9 Å². The number of rotatable bonds is 7. The minimum Gasteiger partial charge on any atom is -0.480 e. The zero-order chi connectivity index (χ0) is 21.1. The number of hydrogen-bond acceptors (Lipinski definition) is 6. The molecule has 0 saturated carbocycles. The van der Waals surface area contributed by atoms with Gasteiger partial charge in [-0.1, -0.05) is 0 Å². The van der Waals surface area contributed by atoms with E-state index in [-0.39, 0.29) is 23.6 Å². The lowest BCUT2D eigenvalue weighted by molar-refractivity contribution is -0.137. The van der Waals surface area contributed by atoms with Crippen LogP contribution in [0.15, 0.2) is 24.7 Å². The van der Waals surface area contributed by atoms with Gasteiger partial charge >= 0.3 is 5.97 Å². The van der Waals surface area contributed by atoms with Gasteiger partial charge in [0.05, 0.1) is 29.5 Å². The summed E-state index contributed by atoms with van der Waals surface area (Å²) in [7, 11) is 1.76. The summed E-state index contributed by atoms with van der Waals surface area (Å²) in [4.78, 5) is 36.1. The van der Waals surface area contributed by atoms with Crippen LogP contribution in [0.25, 0.3) is 0 Å². The van der Waals surface area contributed by atoms with Crippen molar-refractivity contribution in [3.63, 3.8) is 0 Å². The van der Waals surface area contributed by atoms with Gasteiger partial charge in [0.25, 0.3) is 11.8 Å². The Bertz CT molecular complexity index is 1080. The summed E-state index contributed by atoms with van der Waals surface area (Å²) in [5.74, 6) is -2.11. The quantitative estimate of drug-likeness (QED) is 0.529. The first-order chi connectivity index (χ1) is 13.8. The Morgan fingerprint density at radius 2 is 1.79 bits per heavy atom. The van der Waals surface area contributed by atoms with E-state index < -0.39 is 17.8 Å². The van der Waals surface area contributed by atoms with Gasteiger partial charge in [0, 0.05) is 19.8 Å². The Balaban J connectivity index is 1.81. The van der Waals surface area contributed by atoms with Gasteiger partial charge in [-0.15, -0.1) is 0 Å². The maximum Gasteiger partial charge on any atom is 0.325 e. The summed E-state index contributed by atoms with van der Waals surface area (Å²) in [6.45, 7) is 3.69. The van der Waals surface area contributed by atoms with E-state index in [0.717, 1.165) is 10.4 Å². The summed E-state index contributed by atoms with van der Waals surface area (Å²) in [6, 6.07) is 1.39. The molecule has 0 aliphatic heterocycles. The van der Waals surface area contributed by atoms with Gasteiger partial charge in [-0.05, 0) is 19.9 Å². The lowest BCUT2D eigenvalue weighted by Gasteiger charge is -2.09. The van der Waals surface area contributed by atoms with Crippen LogP contribution in [-0.2, 0) is 24.9 Å². The molecular weight excluding hydrogens is 380 g/mol. The second-order valence-electron chi connectivity index (χ2n) is 6.19. The first-order valence-electron chi connectivity index (χ1n) is 8.72. The van der Waals surface area contributed by atoms with Crippen molar-refractivity contribution < 1.29 is 19.5 Å². The number of aliphatic carboxylic acids is 1. The first-order valence-corrected chi connectivity index (χ1v) is 8.72. The third kappa shape index (κ3) is 4.15. The SMILES string of the molecule is CCn1ncc(NC(=O)c2ccn(CC(=O)O)n2)c1C(=O)Nc1cnn(C)c1C. The molecule has 0 spiro atoms. The van der Waals surface area contributed by atoms with Crippen molar-refractivity contribution >= 4 is 29.2 Å². The maximum atomic E-state index is 12.8. The zero-order valence-corrected chi connectivity index (χ0v) is 16.1. The number of anilines is 2. The minimum absolute atomic E-state index is 0.0185. The van der Waals surface area contributed by atoms with Crippen LogP contribution in [0.3, 0.4) is 0 Å². The van der Waals surface area contributed by atoms with Crippen LogP contribution in [0.1, 0.15) is 33.6 Å². The molecule has 2 amide bonds. The normalized spacial score (nSPS) is 10.7. The van der Waals surface area contributed by atoms with Crippen molar-refractivity contribution in [3.8, 4) is 0 Å². The molecule has 12 heteroatoms. The van der Waals surface area contributed by atoms with Gasteiger partial charge in [-0.3, -0.25) is 28.4 Å². The average molecular weight is 400 g/mol. The van der Waals surface area contributed by atoms with E-state index in [9.17, 15) is 14.4 Å². The number of carbonyl (C=O) groups excluding carboxylic acids is 2. The molecule has 3 heterocycles. The van der Waals surface area contributed by atoms with Gasteiger partial charge in [0.15, 0.2) is 5.69 Å². The van der Waals surface area contributed by atoms with Crippen molar-refractivity contribution in [2.75, 3.05) is 10.6 Å². The standard InChI is InChI=1S/C17H20N8O4/c1-4-25-15(17(29)20-12-7-18-23(3)10(12)2)13(8-19-25)21-16(28)11-5-6-24(22-11)9-14(26)27/h5-8H,4,9H2,1-3H3,(H,20,29)(H,21,28)(H,26,27). The Kier molecular flexibility index (Phi) is 5.43. The van der Waals surface area contributed by atoms with Crippen LogP contribution in [-0.4, -0.2) is 52.2 Å². The third-order valence-electron chi connectivity index (χ3n) is 4.26. The zero-order valence-electron chi connectivity index (χ0n) is 16.1. The van der Waals surface area contributed by atoms with Crippen molar-refractivity contribution in [2.24, 2.45) is 7.05 Å². The fourth-order valence-corrected chi connectivity index (χ4v) is 2.65. The fraction of sp³-hybridized carbons (Fsp3) is 0.294. The molecule has 3 rings (SSSR count). The number of carbonyl (C=O) groups is 3. The van der Waals surface area contributed by atoms with Gasteiger partial charge in [0.2, 0.25) is 0 Å². The number of nitrogens with one attached hydrogen (secondary N) is 2. The molecule has 152 valence electrons. The predicted molar refractivity (Wildman–Crippen MR) is 102 cm³/mol. The number of carboxylic acid groups (broad SMARTS) is 1. The molecule has 0 aliphatic carbocycles. The lowest BCUT2D eigenvalue weighted by Crippen LogP contribution is -2.21. The van der Waals surface area contributed by atoms with E-state index in [2.05, 4.69) is 25.9 Å². The van der Waals surface area contributed by atoms with Crippen LogP contribution < -0.4 is 10.6 Å². The summed E-state index contributed by atoms with van der Waals surface area (Å²) in [6.07, 6.45) is 4.30. The largest absolute Gasteiger partial charge is 0.480 e. The van der Waals surface area contributed by atoms with E-state index in [0.29, 0.717) is 12.2 Å². The second kappa shape index (κ2) is 7.96. The van der Waals surface area contributed by atoms with Crippen LogP contribution >= 0.6 is 0 Å². The molecule has 3 aromatic rings. The highest BCUT2D eigenvalue weighted by molar-refractivity contribution is 6.11. The van der Waals surface area contributed by atoms with Gasteiger partial charge in [-0.25, -0.2) is 0 Å². The molecule has 0 fully saturated rings. The molecule has 3 aromatic heterocycles. The first kappa shape index (κ1) is 19.8. The molecule has 0 atom stereocenters. The second-order valence-corrected chi connectivity index (χ2v) is 6.19. The number of aromatic nitrogens is 6. The topological polar surface area (TPSA) is 149 Å². The van der Waals surface area contributed by atoms with E-state index in [1.54, 1.807) is 11.7 Å². The highest BCUT2D eigenvalue weighted by atomic mass is 16.4. The average Bonchev–Trinajstić information content (AvgIpc) is 3.37. The summed E-state index contributed by atoms with van der Waals surface area (Å²) in [5.41, 5.74) is 1.73. The van der Waals surface area contributed by atoms with Gasteiger partial charge in [0.1, 0.15) is 12.2 Å². The van der Waals surface area contributed by atoms with Crippen molar-refractivity contribution in [1.82, 2.24) is 29.3 Å². The molecule has 0 unspecified atom stereocenters. The summed E-state index contributed by atoms with van der Waals surface area (Å²) in [5, 5.41) is 26.3. The van der Waals surface area contributed by atoms with Gasteiger partial charge < -0.3 is 15.7 Å². The molecule has 0 bridgehead atoms. The predicted octanol–water partition coefficient (Wildman–Crippen LogP) is 0.731. The van der Waals surface area contributed by atoms with Crippen LogP contribution in [0.4, 0.5) is 11.4 Å². The van der Waals surface area contributed by atoms with Crippen molar-refractivity contribution in [3.05, 3.63) is 41.7 Å². The highest BCUT2D eigenvalue weighted by Gasteiger charge is 2.22. The number of amides is 2. The maximum absolute atomic E-state index is 12.8. The fourth-order valence-electron chi connectivity index (χ4n) is 2.65.